The van der Waals surface area contributed by atoms with Crippen molar-refractivity contribution < 1.29 is 4.42 Å². The summed E-state index contributed by atoms with van der Waals surface area (Å²) in [5, 5.41) is 2.30. The van der Waals surface area contributed by atoms with Crippen LogP contribution in [0.15, 0.2) is 144 Å². The van der Waals surface area contributed by atoms with Gasteiger partial charge in [-0.3, -0.25) is 0 Å². The summed E-state index contributed by atoms with van der Waals surface area (Å²) in [5.74, 6) is 0. The first-order chi connectivity index (χ1) is 31.5. The zero-order valence-corrected chi connectivity index (χ0v) is 41.5. The van der Waals surface area contributed by atoms with Gasteiger partial charge in [-0.25, -0.2) is 0 Å². The van der Waals surface area contributed by atoms with Crippen molar-refractivity contribution in [3.8, 4) is 11.1 Å². The van der Waals surface area contributed by atoms with Gasteiger partial charge in [0, 0.05) is 44.8 Å². The van der Waals surface area contributed by atoms with E-state index < -0.39 is 0 Å². The zero-order chi connectivity index (χ0) is 46.5. The summed E-state index contributed by atoms with van der Waals surface area (Å²) in [6, 6.07) is 53.7. The summed E-state index contributed by atoms with van der Waals surface area (Å²) in [6.07, 6.45) is 4.22. The molecule has 0 unspecified atom stereocenters. The Morgan fingerprint density at radius 2 is 0.879 bits per heavy atom. The van der Waals surface area contributed by atoms with Gasteiger partial charge in [-0.1, -0.05) is 162 Å². The predicted octanol–water partition coefficient (Wildman–Crippen LogP) is 16.1. The fraction of sp³-hybridized carbons (Fsp3) is 0.323. The molecule has 4 heteroatoms. The summed E-state index contributed by atoms with van der Waals surface area (Å²) in [6.45, 7) is 28.3. The molecule has 10 rings (SSSR count). The first-order valence-corrected chi connectivity index (χ1v) is 24.7. The SMILES string of the molecule is CCC(C)(C)c1ccc(N2c3ccc(C(C)(C)CC)cc3B3c4cc(C(C)(C)CC)ccc4N(c4ccc(C(C)(C)CC)cc4-c4cccc5oc6ccccc6c45)c4cccc2c43)cc1. The molecule has 0 spiro atoms. The Balaban J connectivity index is 1.31. The highest BCUT2D eigenvalue weighted by Crippen LogP contribution is 2.50. The van der Waals surface area contributed by atoms with Crippen LogP contribution in [0.4, 0.5) is 34.1 Å². The number of hydrogen-bond acceptors (Lipinski definition) is 3. The van der Waals surface area contributed by atoms with Crippen LogP contribution in [0, 0.1) is 0 Å². The van der Waals surface area contributed by atoms with E-state index in [0.29, 0.717) is 0 Å². The molecule has 0 saturated carbocycles. The highest BCUT2D eigenvalue weighted by molar-refractivity contribution is 7.00. The molecule has 334 valence electrons. The maximum Gasteiger partial charge on any atom is 0.252 e. The van der Waals surface area contributed by atoms with E-state index >= 15 is 0 Å². The maximum absolute atomic E-state index is 6.58. The monoisotopic (exact) mass is 867 g/mol. The van der Waals surface area contributed by atoms with Gasteiger partial charge in [0.2, 0.25) is 0 Å². The van der Waals surface area contributed by atoms with E-state index in [9.17, 15) is 0 Å². The summed E-state index contributed by atoms with van der Waals surface area (Å²) in [7, 11) is 0. The molecule has 7 aromatic carbocycles. The van der Waals surface area contributed by atoms with Crippen molar-refractivity contribution in [2.75, 3.05) is 9.80 Å². The molecule has 0 aliphatic carbocycles. The number of anilines is 6. The Labute approximate surface area is 395 Å². The summed E-state index contributed by atoms with van der Waals surface area (Å²) in [5.41, 5.74) is 21.2. The first kappa shape index (κ1) is 43.9. The Bertz CT molecular complexity index is 3160. The number of fused-ring (bicyclic) bond motifs is 7. The van der Waals surface area contributed by atoms with Crippen molar-refractivity contribution in [3.63, 3.8) is 0 Å². The van der Waals surface area contributed by atoms with Crippen molar-refractivity contribution in [1.82, 2.24) is 0 Å². The molecule has 8 aromatic rings. The largest absolute Gasteiger partial charge is 0.456 e. The Hall–Kier alpha value is -6.00. The normalized spacial score (nSPS) is 13.9. The third-order valence-electron chi connectivity index (χ3n) is 16.7. The Morgan fingerprint density at radius 3 is 1.47 bits per heavy atom. The molecule has 0 bridgehead atoms. The van der Waals surface area contributed by atoms with E-state index in [2.05, 4.69) is 232 Å². The minimum atomic E-state index is -0.0207. The van der Waals surface area contributed by atoms with Crippen LogP contribution in [0.3, 0.4) is 0 Å². The average Bonchev–Trinajstić information content (AvgIpc) is 3.72. The Kier molecular flexibility index (Phi) is 10.5. The third kappa shape index (κ3) is 6.84. The lowest BCUT2D eigenvalue weighted by atomic mass is 9.33. The van der Waals surface area contributed by atoms with Gasteiger partial charge in [-0.2, -0.15) is 0 Å². The van der Waals surface area contributed by atoms with Crippen molar-refractivity contribution in [1.29, 1.82) is 0 Å². The molecule has 0 fully saturated rings. The van der Waals surface area contributed by atoms with E-state index in [0.717, 1.165) is 47.6 Å². The minimum absolute atomic E-state index is 0.000222. The van der Waals surface area contributed by atoms with Crippen LogP contribution in [-0.4, -0.2) is 6.71 Å². The van der Waals surface area contributed by atoms with Crippen LogP contribution in [0.2, 0.25) is 0 Å². The van der Waals surface area contributed by atoms with Gasteiger partial charge in [0.25, 0.3) is 6.71 Å². The standard InChI is InChI=1S/C62H67BN2O/c1-13-59(5,6)40-27-32-44(33-28-40)64-51-35-30-42(61(9,10)15-3)38-48(51)63-49-39-43(62(11,12)16-4)31-36-52(49)65(54-24-20-23-53(64)58(54)63)50-34-29-41(60(7,8)14-2)37-47(50)45-22-19-26-56-57(45)46-21-17-18-25-55(46)66-56/h17-39H,13-16H2,1-12H3. The maximum atomic E-state index is 6.58. The van der Waals surface area contributed by atoms with Crippen LogP contribution >= 0.6 is 0 Å². The fourth-order valence-corrected chi connectivity index (χ4v) is 10.6. The minimum Gasteiger partial charge on any atom is -0.456 e. The van der Waals surface area contributed by atoms with E-state index in [1.807, 2.05) is 0 Å². The first-order valence-electron chi connectivity index (χ1n) is 24.7. The van der Waals surface area contributed by atoms with Gasteiger partial charge in [-0.05, 0) is 152 Å². The van der Waals surface area contributed by atoms with Gasteiger partial charge in [0.05, 0.1) is 5.69 Å². The van der Waals surface area contributed by atoms with Crippen molar-refractivity contribution in [2.45, 2.75) is 130 Å². The number of rotatable bonds is 11. The van der Waals surface area contributed by atoms with Crippen molar-refractivity contribution in [2.24, 2.45) is 0 Å². The third-order valence-corrected chi connectivity index (χ3v) is 16.7. The van der Waals surface area contributed by atoms with Gasteiger partial charge < -0.3 is 14.2 Å². The second kappa shape index (κ2) is 15.8. The molecule has 66 heavy (non-hydrogen) atoms. The van der Waals surface area contributed by atoms with E-state index in [4.69, 9.17) is 4.42 Å². The number of nitrogens with zero attached hydrogens (tertiary/aromatic N) is 2. The molecule has 3 nitrogen and oxygen atoms in total. The molecule has 2 aliphatic heterocycles. The van der Waals surface area contributed by atoms with Gasteiger partial charge >= 0.3 is 0 Å². The van der Waals surface area contributed by atoms with Gasteiger partial charge in [-0.15, -0.1) is 0 Å². The number of para-hydroxylation sites is 1. The quantitative estimate of drug-likeness (QED) is 0.121. The van der Waals surface area contributed by atoms with Crippen LogP contribution in [-0.2, 0) is 21.7 Å². The van der Waals surface area contributed by atoms with Crippen molar-refractivity contribution in [3.05, 3.63) is 162 Å². The molecular weight excluding hydrogens is 800 g/mol. The van der Waals surface area contributed by atoms with Gasteiger partial charge in [0.1, 0.15) is 11.2 Å². The number of hydrogen-bond donors (Lipinski definition) is 0. The average molecular weight is 867 g/mol. The Morgan fingerprint density at radius 1 is 0.409 bits per heavy atom. The molecule has 0 N–H and O–H groups in total. The molecule has 0 radical (unpaired) electrons. The second-order valence-corrected chi connectivity index (χ2v) is 21.9. The molecule has 3 heterocycles. The molecular formula is C62H67BN2O. The lowest BCUT2D eigenvalue weighted by Gasteiger charge is -2.45. The van der Waals surface area contributed by atoms with Crippen LogP contribution < -0.4 is 26.2 Å². The highest BCUT2D eigenvalue weighted by Gasteiger charge is 2.45. The molecule has 0 atom stereocenters. The summed E-state index contributed by atoms with van der Waals surface area (Å²) in [4.78, 5) is 5.17. The van der Waals surface area contributed by atoms with E-state index in [1.165, 1.54) is 83.9 Å². The molecule has 2 aliphatic rings. The number of furan rings is 1. The van der Waals surface area contributed by atoms with Crippen LogP contribution in [0.5, 0.6) is 0 Å². The van der Waals surface area contributed by atoms with Crippen molar-refractivity contribution >= 4 is 79.2 Å². The summed E-state index contributed by atoms with van der Waals surface area (Å²) >= 11 is 0. The van der Waals surface area contributed by atoms with E-state index in [-0.39, 0.29) is 28.4 Å². The smallest absolute Gasteiger partial charge is 0.252 e. The predicted molar refractivity (Wildman–Crippen MR) is 286 cm³/mol. The van der Waals surface area contributed by atoms with E-state index in [1.54, 1.807) is 0 Å². The molecule has 1 aromatic heterocycles. The highest BCUT2D eigenvalue weighted by atomic mass is 16.3. The fourth-order valence-electron chi connectivity index (χ4n) is 10.6. The summed E-state index contributed by atoms with van der Waals surface area (Å²) < 4.78 is 6.58. The topological polar surface area (TPSA) is 19.6 Å². The van der Waals surface area contributed by atoms with Crippen LogP contribution in [0.25, 0.3) is 33.1 Å². The lowest BCUT2D eigenvalue weighted by Crippen LogP contribution is -2.61. The lowest BCUT2D eigenvalue weighted by molar-refractivity contribution is 0.506. The number of benzene rings is 7. The zero-order valence-electron chi connectivity index (χ0n) is 41.5. The van der Waals surface area contributed by atoms with Gasteiger partial charge in [0.15, 0.2) is 0 Å². The molecule has 0 saturated heterocycles. The second-order valence-electron chi connectivity index (χ2n) is 21.9. The molecule has 0 amide bonds. The van der Waals surface area contributed by atoms with Crippen LogP contribution in [0.1, 0.15) is 131 Å².